The summed E-state index contributed by atoms with van der Waals surface area (Å²) in [6.07, 6.45) is 1.10. The van der Waals surface area contributed by atoms with Gasteiger partial charge in [0.2, 0.25) is 0 Å². The van der Waals surface area contributed by atoms with Gasteiger partial charge in [0.25, 0.3) is 0 Å². The normalized spacial score (nSPS) is 17.8. The van der Waals surface area contributed by atoms with Crippen LogP contribution in [0.5, 0.6) is 0 Å². The Morgan fingerprint density at radius 2 is 2.21 bits per heavy atom. The van der Waals surface area contributed by atoms with Gasteiger partial charge in [0.15, 0.2) is 0 Å². The molecule has 1 unspecified atom stereocenters. The van der Waals surface area contributed by atoms with Crippen molar-refractivity contribution in [2.75, 3.05) is 24.6 Å². The van der Waals surface area contributed by atoms with Crippen LogP contribution in [-0.2, 0) is 16.0 Å². The number of hydrogen-bond donors (Lipinski definition) is 0. The Kier molecular flexibility index (Phi) is 4.25. The number of fused-ring (bicyclic) bond motifs is 1. The second kappa shape index (κ2) is 5.91. The monoisotopic (exact) mass is 259 g/mol. The van der Waals surface area contributed by atoms with Crippen LogP contribution in [0.15, 0.2) is 36.4 Å². The van der Waals surface area contributed by atoms with Crippen LogP contribution in [0, 0.1) is 5.92 Å². The van der Waals surface area contributed by atoms with Crippen molar-refractivity contribution in [1.29, 1.82) is 0 Å². The molecule has 1 aliphatic rings. The summed E-state index contributed by atoms with van der Waals surface area (Å²) in [5.41, 5.74) is 3.08. The van der Waals surface area contributed by atoms with Gasteiger partial charge >= 0.3 is 5.97 Å². The predicted molar refractivity (Wildman–Crippen MR) is 77.3 cm³/mol. The quantitative estimate of drug-likeness (QED) is 0.615. The first-order valence-corrected chi connectivity index (χ1v) is 6.79. The lowest BCUT2D eigenvalue weighted by molar-refractivity contribution is -0.138. The third kappa shape index (κ3) is 3.16. The number of hydrogen-bond acceptors (Lipinski definition) is 3. The highest BCUT2D eigenvalue weighted by atomic mass is 16.5. The summed E-state index contributed by atoms with van der Waals surface area (Å²) in [6, 6.07) is 8.37. The van der Waals surface area contributed by atoms with E-state index >= 15 is 0 Å². The summed E-state index contributed by atoms with van der Waals surface area (Å²) in [5.74, 6) is 0.295. The van der Waals surface area contributed by atoms with Crippen LogP contribution in [0.3, 0.4) is 0 Å². The fourth-order valence-corrected chi connectivity index (χ4v) is 2.58. The molecule has 1 aliphatic heterocycles. The van der Waals surface area contributed by atoms with Gasteiger partial charge in [0.1, 0.15) is 0 Å². The lowest BCUT2D eigenvalue weighted by atomic mass is 9.93. The van der Waals surface area contributed by atoms with E-state index < -0.39 is 0 Å². The van der Waals surface area contributed by atoms with Crippen LogP contribution in [0.1, 0.15) is 19.4 Å². The molecule has 0 spiro atoms. The molecule has 0 saturated heterocycles. The van der Waals surface area contributed by atoms with E-state index in [9.17, 15) is 4.79 Å². The minimum Gasteiger partial charge on any atom is -0.463 e. The number of benzene rings is 1. The summed E-state index contributed by atoms with van der Waals surface area (Å²) in [4.78, 5) is 13.9. The average Bonchev–Trinajstić information content (AvgIpc) is 2.38. The van der Waals surface area contributed by atoms with E-state index in [1.54, 1.807) is 0 Å². The molecule has 0 bridgehead atoms. The van der Waals surface area contributed by atoms with Crippen molar-refractivity contribution >= 4 is 11.7 Å². The van der Waals surface area contributed by atoms with Gasteiger partial charge in [-0.3, -0.25) is 0 Å². The van der Waals surface area contributed by atoms with Gasteiger partial charge in [-0.1, -0.05) is 31.7 Å². The Morgan fingerprint density at radius 1 is 1.47 bits per heavy atom. The summed E-state index contributed by atoms with van der Waals surface area (Å²) < 4.78 is 4.99. The zero-order valence-corrected chi connectivity index (χ0v) is 11.7. The molecule has 19 heavy (non-hydrogen) atoms. The number of carbonyl (C=O) groups is 1. The van der Waals surface area contributed by atoms with E-state index in [0.29, 0.717) is 24.6 Å². The Morgan fingerprint density at radius 3 is 2.95 bits per heavy atom. The molecule has 2 rings (SSSR count). The molecule has 0 saturated carbocycles. The summed E-state index contributed by atoms with van der Waals surface area (Å²) in [7, 11) is 0. The fourth-order valence-electron chi connectivity index (χ4n) is 2.58. The second-order valence-corrected chi connectivity index (χ2v) is 5.14. The largest absolute Gasteiger partial charge is 0.463 e. The fraction of sp³-hybridized carbons (Fsp3) is 0.438. The average molecular weight is 259 g/mol. The lowest BCUT2D eigenvalue weighted by Crippen LogP contribution is -2.36. The molecule has 3 heteroatoms. The molecule has 1 atom stereocenters. The summed E-state index contributed by atoms with van der Waals surface area (Å²) in [6.45, 7) is 9.78. The highest BCUT2D eigenvalue weighted by Crippen LogP contribution is 2.29. The van der Waals surface area contributed by atoms with Gasteiger partial charge < -0.3 is 9.64 Å². The molecule has 102 valence electrons. The molecule has 0 radical (unpaired) electrons. The van der Waals surface area contributed by atoms with E-state index in [-0.39, 0.29) is 5.97 Å². The van der Waals surface area contributed by atoms with Crippen molar-refractivity contribution in [2.24, 2.45) is 5.92 Å². The number of anilines is 1. The Hall–Kier alpha value is -1.77. The van der Waals surface area contributed by atoms with Crippen molar-refractivity contribution in [3.8, 4) is 0 Å². The molecule has 0 aliphatic carbocycles. The number of para-hydroxylation sites is 1. The maximum atomic E-state index is 11.7. The van der Waals surface area contributed by atoms with Gasteiger partial charge in [-0.15, -0.1) is 0 Å². The van der Waals surface area contributed by atoms with Crippen molar-refractivity contribution < 1.29 is 9.53 Å². The van der Waals surface area contributed by atoms with Gasteiger partial charge in [-0.25, -0.2) is 4.79 Å². The van der Waals surface area contributed by atoms with Crippen LogP contribution in [0.4, 0.5) is 5.69 Å². The van der Waals surface area contributed by atoms with Crippen LogP contribution < -0.4 is 4.90 Å². The molecule has 0 amide bonds. The topological polar surface area (TPSA) is 29.5 Å². The Balaban J connectivity index is 2.13. The highest BCUT2D eigenvalue weighted by Gasteiger charge is 2.23. The summed E-state index contributed by atoms with van der Waals surface area (Å²) >= 11 is 0. The van der Waals surface area contributed by atoms with E-state index in [1.165, 1.54) is 11.3 Å². The molecular weight excluding hydrogens is 238 g/mol. The molecule has 0 N–H and O–H groups in total. The first-order valence-electron chi connectivity index (χ1n) is 6.79. The summed E-state index contributed by atoms with van der Waals surface area (Å²) in [5, 5.41) is 0. The van der Waals surface area contributed by atoms with Crippen LogP contribution in [0.25, 0.3) is 0 Å². The maximum Gasteiger partial charge on any atom is 0.335 e. The van der Waals surface area contributed by atoms with Gasteiger partial charge in [0.05, 0.1) is 6.61 Å². The minimum atomic E-state index is -0.293. The molecule has 1 heterocycles. The SMILES string of the molecule is C=C(CN1CC(C)Cc2ccccc21)C(=O)OCC. The lowest BCUT2D eigenvalue weighted by Gasteiger charge is -2.35. The maximum absolute atomic E-state index is 11.7. The van der Waals surface area contributed by atoms with E-state index in [2.05, 4.69) is 36.6 Å². The number of rotatable bonds is 4. The zero-order chi connectivity index (χ0) is 13.8. The van der Waals surface area contributed by atoms with Gasteiger partial charge in [-0.2, -0.15) is 0 Å². The molecule has 3 nitrogen and oxygen atoms in total. The van der Waals surface area contributed by atoms with E-state index in [0.717, 1.165) is 13.0 Å². The van der Waals surface area contributed by atoms with Crippen LogP contribution in [0.2, 0.25) is 0 Å². The van der Waals surface area contributed by atoms with E-state index in [1.807, 2.05) is 13.0 Å². The smallest absolute Gasteiger partial charge is 0.335 e. The number of carbonyl (C=O) groups excluding carboxylic acids is 1. The standard InChI is InChI=1S/C16H21NO2/c1-4-19-16(18)13(3)11-17-10-12(2)9-14-7-5-6-8-15(14)17/h5-8,12H,3-4,9-11H2,1-2H3. The zero-order valence-electron chi connectivity index (χ0n) is 11.7. The van der Waals surface area contributed by atoms with Crippen LogP contribution in [-0.4, -0.2) is 25.7 Å². The van der Waals surface area contributed by atoms with E-state index in [4.69, 9.17) is 4.74 Å². The number of esters is 1. The first-order chi connectivity index (χ1) is 9.11. The van der Waals surface area contributed by atoms with Crippen molar-refractivity contribution in [1.82, 2.24) is 0 Å². The number of ether oxygens (including phenoxy) is 1. The minimum absolute atomic E-state index is 0.293. The highest BCUT2D eigenvalue weighted by molar-refractivity contribution is 5.89. The number of nitrogens with zero attached hydrogens (tertiary/aromatic N) is 1. The second-order valence-electron chi connectivity index (χ2n) is 5.14. The molecule has 0 aromatic heterocycles. The van der Waals surface area contributed by atoms with Crippen molar-refractivity contribution in [3.05, 3.63) is 42.0 Å². The molecule has 1 aromatic rings. The Labute approximate surface area is 114 Å². The van der Waals surface area contributed by atoms with Gasteiger partial charge in [-0.05, 0) is 30.9 Å². The van der Waals surface area contributed by atoms with Crippen molar-refractivity contribution in [3.63, 3.8) is 0 Å². The third-order valence-corrected chi connectivity index (χ3v) is 3.38. The van der Waals surface area contributed by atoms with Crippen molar-refractivity contribution in [2.45, 2.75) is 20.3 Å². The third-order valence-electron chi connectivity index (χ3n) is 3.38. The molecule has 0 fully saturated rings. The molecule has 1 aromatic carbocycles. The first kappa shape index (κ1) is 13.7. The molecular formula is C16H21NO2. The Bertz CT molecular complexity index is 481. The van der Waals surface area contributed by atoms with Gasteiger partial charge in [0, 0.05) is 24.4 Å². The predicted octanol–water partition coefficient (Wildman–Crippen LogP) is 2.80. The van der Waals surface area contributed by atoms with Crippen LogP contribution >= 0.6 is 0 Å².